The molecule has 4 nitrogen and oxygen atoms in total. The van der Waals surface area contributed by atoms with Crippen molar-refractivity contribution in [2.24, 2.45) is 0 Å². The van der Waals surface area contributed by atoms with E-state index in [2.05, 4.69) is 13.8 Å². The summed E-state index contributed by atoms with van der Waals surface area (Å²) in [5.74, 6) is 0. The summed E-state index contributed by atoms with van der Waals surface area (Å²) in [6.45, 7) is 4.24. The summed E-state index contributed by atoms with van der Waals surface area (Å²) < 4.78 is 33.8. The molecule has 0 rings (SSSR count). The molecule has 0 fully saturated rings. The van der Waals surface area contributed by atoms with E-state index in [1.807, 2.05) is 0 Å². The third-order valence-electron chi connectivity index (χ3n) is 3.96. The van der Waals surface area contributed by atoms with Gasteiger partial charge in [-0.2, -0.15) is 0 Å². The molecular formula is C16H33NaO4S. The second kappa shape index (κ2) is 15.4. The van der Waals surface area contributed by atoms with Crippen molar-refractivity contribution in [3.05, 3.63) is 0 Å². The fourth-order valence-corrected chi connectivity index (χ4v) is 3.50. The van der Waals surface area contributed by atoms with Gasteiger partial charge in [-0.25, -0.2) is 8.42 Å². The van der Waals surface area contributed by atoms with Crippen molar-refractivity contribution < 1.29 is 47.6 Å². The Morgan fingerprint density at radius 3 is 1.82 bits per heavy atom. The number of aliphatic hydroxyl groups is 1. The molecule has 2 unspecified atom stereocenters. The number of rotatable bonds is 14. The van der Waals surface area contributed by atoms with E-state index in [4.69, 9.17) is 0 Å². The Labute approximate surface area is 159 Å². The molecule has 0 radical (unpaired) electrons. The third-order valence-corrected chi connectivity index (χ3v) is 5.21. The Morgan fingerprint density at radius 2 is 1.32 bits per heavy atom. The normalized spacial score (nSPS) is 14.4. The van der Waals surface area contributed by atoms with Gasteiger partial charge in [0.1, 0.15) is 0 Å². The zero-order valence-corrected chi connectivity index (χ0v) is 17.5. The van der Waals surface area contributed by atoms with Crippen molar-refractivity contribution in [3.8, 4) is 0 Å². The molecule has 0 heterocycles. The predicted octanol–water partition coefficient (Wildman–Crippen LogP) is 0.986. The molecule has 0 aromatic rings. The zero-order valence-electron chi connectivity index (χ0n) is 14.7. The molecular weight excluding hydrogens is 311 g/mol. The van der Waals surface area contributed by atoms with Gasteiger partial charge < -0.3 is 9.66 Å². The first kappa shape index (κ1) is 25.1. The summed E-state index contributed by atoms with van der Waals surface area (Å²) in [7, 11) is -4.30. The summed E-state index contributed by atoms with van der Waals surface area (Å²) in [5, 5.41) is 9.02. The first-order valence-corrected chi connectivity index (χ1v) is 10.0. The SMILES string of the molecule is CCCCCCCC(O)CC(CCCCCC)S(=O)(=O)[O-].[Na+]. The molecule has 0 aromatic heterocycles. The second-order valence-electron chi connectivity index (χ2n) is 6.06. The smallest absolute Gasteiger partial charge is 0.748 e. The maximum absolute atomic E-state index is 11.3. The molecule has 128 valence electrons. The van der Waals surface area contributed by atoms with Crippen LogP contribution in [-0.2, 0) is 10.1 Å². The van der Waals surface area contributed by atoms with Gasteiger partial charge in [-0.15, -0.1) is 0 Å². The van der Waals surface area contributed by atoms with Crippen LogP contribution in [0.15, 0.2) is 0 Å². The first-order chi connectivity index (χ1) is 9.91. The molecule has 0 aromatic carbocycles. The van der Waals surface area contributed by atoms with Crippen molar-refractivity contribution in [2.45, 2.75) is 102 Å². The Bertz CT molecular complexity index is 333. The molecule has 0 spiro atoms. The van der Waals surface area contributed by atoms with Crippen LogP contribution >= 0.6 is 0 Å². The van der Waals surface area contributed by atoms with E-state index in [-0.39, 0.29) is 36.0 Å². The summed E-state index contributed by atoms with van der Waals surface area (Å²) in [4.78, 5) is 0. The van der Waals surface area contributed by atoms with Gasteiger partial charge in [-0.3, -0.25) is 0 Å². The average Bonchev–Trinajstić information content (AvgIpc) is 2.41. The van der Waals surface area contributed by atoms with Crippen molar-refractivity contribution in [1.82, 2.24) is 0 Å². The van der Waals surface area contributed by atoms with Crippen LogP contribution in [0.5, 0.6) is 0 Å². The van der Waals surface area contributed by atoms with E-state index in [1.165, 1.54) is 12.8 Å². The molecule has 0 saturated heterocycles. The van der Waals surface area contributed by atoms with Gasteiger partial charge in [0.15, 0.2) is 0 Å². The van der Waals surface area contributed by atoms with Crippen molar-refractivity contribution in [3.63, 3.8) is 0 Å². The molecule has 0 aliphatic rings. The fraction of sp³-hybridized carbons (Fsp3) is 1.00. The number of unbranched alkanes of at least 4 members (excludes halogenated alkanes) is 7. The van der Waals surface area contributed by atoms with E-state index in [9.17, 15) is 18.1 Å². The maximum atomic E-state index is 11.3. The van der Waals surface area contributed by atoms with Crippen molar-refractivity contribution >= 4 is 10.1 Å². The van der Waals surface area contributed by atoms with Crippen LogP contribution in [0.3, 0.4) is 0 Å². The average molecular weight is 344 g/mol. The van der Waals surface area contributed by atoms with Gasteiger partial charge in [-0.05, 0) is 19.3 Å². The Morgan fingerprint density at radius 1 is 0.864 bits per heavy atom. The van der Waals surface area contributed by atoms with Crippen LogP contribution in [0, 0.1) is 0 Å². The summed E-state index contributed by atoms with van der Waals surface area (Å²) in [6, 6.07) is 0. The van der Waals surface area contributed by atoms with Crippen LogP contribution in [0.4, 0.5) is 0 Å². The molecule has 0 amide bonds. The van der Waals surface area contributed by atoms with Gasteiger partial charge in [0.25, 0.3) is 0 Å². The Balaban J connectivity index is 0. The van der Waals surface area contributed by atoms with Gasteiger partial charge in [-0.1, -0.05) is 71.6 Å². The minimum Gasteiger partial charge on any atom is -0.748 e. The molecule has 0 aliphatic heterocycles. The van der Waals surface area contributed by atoms with Crippen LogP contribution in [0.25, 0.3) is 0 Å². The van der Waals surface area contributed by atoms with Crippen LogP contribution in [0.2, 0.25) is 0 Å². The molecule has 0 bridgehead atoms. The molecule has 0 saturated carbocycles. The predicted molar refractivity (Wildman–Crippen MR) is 86.2 cm³/mol. The zero-order chi connectivity index (χ0) is 16.1. The summed E-state index contributed by atoms with van der Waals surface area (Å²) in [5.41, 5.74) is 0. The first-order valence-electron chi connectivity index (χ1n) is 8.54. The van der Waals surface area contributed by atoms with Gasteiger partial charge in [0, 0.05) is 0 Å². The van der Waals surface area contributed by atoms with Crippen LogP contribution in [0.1, 0.15) is 90.9 Å². The van der Waals surface area contributed by atoms with Gasteiger partial charge >= 0.3 is 29.6 Å². The number of hydrogen-bond donors (Lipinski definition) is 1. The number of aliphatic hydroxyl groups excluding tert-OH is 1. The van der Waals surface area contributed by atoms with E-state index in [0.717, 1.165) is 44.9 Å². The Hall–Kier alpha value is 0.870. The molecule has 6 heteroatoms. The van der Waals surface area contributed by atoms with E-state index in [0.29, 0.717) is 12.8 Å². The van der Waals surface area contributed by atoms with Crippen LogP contribution in [-0.4, -0.2) is 29.4 Å². The van der Waals surface area contributed by atoms with Crippen molar-refractivity contribution in [2.75, 3.05) is 0 Å². The van der Waals surface area contributed by atoms with Gasteiger partial charge in [0.2, 0.25) is 0 Å². The Kier molecular flexibility index (Phi) is 17.6. The molecule has 0 aliphatic carbocycles. The van der Waals surface area contributed by atoms with Crippen molar-refractivity contribution in [1.29, 1.82) is 0 Å². The van der Waals surface area contributed by atoms with E-state index < -0.39 is 21.5 Å². The standard InChI is InChI=1S/C16H34O4S.Na/c1-3-5-7-9-10-12-15(17)14-16(21(18,19)20)13-11-8-6-4-2;/h15-17H,3-14H2,1-2H3,(H,18,19,20);/q;+1/p-1. The van der Waals surface area contributed by atoms with E-state index >= 15 is 0 Å². The quantitative estimate of drug-likeness (QED) is 0.290. The minimum atomic E-state index is -4.30. The fourth-order valence-electron chi connectivity index (χ4n) is 2.58. The molecule has 2 atom stereocenters. The summed E-state index contributed by atoms with van der Waals surface area (Å²) in [6.07, 6.45) is 9.78. The third kappa shape index (κ3) is 14.5. The monoisotopic (exact) mass is 344 g/mol. The molecule has 1 N–H and O–H groups in total. The second-order valence-corrected chi connectivity index (χ2v) is 7.71. The summed E-state index contributed by atoms with van der Waals surface area (Å²) >= 11 is 0. The topological polar surface area (TPSA) is 77.4 Å². The van der Waals surface area contributed by atoms with Crippen LogP contribution < -0.4 is 29.6 Å². The maximum Gasteiger partial charge on any atom is 1.00 e. The molecule has 22 heavy (non-hydrogen) atoms. The number of hydrogen-bond acceptors (Lipinski definition) is 4. The van der Waals surface area contributed by atoms with Gasteiger partial charge in [0.05, 0.1) is 21.5 Å². The minimum absolute atomic E-state index is 0. The largest absolute Gasteiger partial charge is 1.00 e. The van der Waals surface area contributed by atoms with E-state index in [1.54, 1.807) is 0 Å².